The van der Waals surface area contributed by atoms with E-state index in [0.717, 1.165) is 12.1 Å². The number of nitrogens with zero attached hydrogens (tertiary/aromatic N) is 1. The van der Waals surface area contributed by atoms with Gasteiger partial charge in [0.15, 0.2) is 0 Å². The molecule has 19 heavy (non-hydrogen) atoms. The van der Waals surface area contributed by atoms with E-state index in [4.69, 9.17) is 5.26 Å². The number of para-hydroxylation sites is 1. The molecule has 1 atom stereocenters. The highest BCUT2D eigenvalue weighted by atomic mass is 16.1. The topological polar surface area (TPSA) is 64.9 Å². The Balaban J connectivity index is 1.94. The first-order valence-electron chi connectivity index (χ1n) is 6.52. The fraction of sp³-hybridized carbons (Fsp3) is 0.467. The minimum Gasteiger partial charge on any atom is -0.384 e. The molecule has 0 radical (unpaired) electrons. The number of amides is 1. The van der Waals surface area contributed by atoms with Crippen molar-refractivity contribution in [3.63, 3.8) is 0 Å². The number of rotatable bonds is 3. The molecule has 4 heteroatoms. The quantitative estimate of drug-likeness (QED) is 0.869. The number of anilines is 1. The van der Waals surface area contributed by atoms with Crippen LogP contribution in [0.4, 0.5) is 5.69 Å². The standard InChI is InChI=1S/C15H19N3O/c1-15(2,9-16)10-18-14(19)12-7-11-5-3-4-6-13(11)17-8-12/h3-6,12,17H,7-8,10H2,1-2H3,(H,18,19). The number of carbonyl (C=O) groups is 1. The summed E-state index contributed by atoms with van der Waals surface area (Å²) < 4.78 is 0. The van der Waals surface area contributed by atoms with Crippen LogP contribution in [0.3, 0.4) is 0 Å². The van der Waals surface area contributed by atoms with Gasteiger partial charge in [0.05, 0.1) is 17.4 Å². The first-order chi connectivity index (χ1) is 9.02. The van der Waals surface area contributed by atoms with Gasteiger partial charge in [-0.25, -0.2) is 0 Å². The highest BCUT2D eigenvalue weighted by Gasteiger charge is 2.26. The third-order valence-electron chi connectivity index (χ3n) is 3.40. The van der Waals surface area contributed by atoms with Crippen LogP contribution in [0.25, 0.3) is 0 Å². The summed E-state index contributed by atoms with van der Waals surface area (Å²) in [4.78, 5) is 12.1. The molecule has 4 nitrogen and oxygen atoms in total. The van der Waals surface area contributed by atoms with E-state index in [9.17, 15) is 4.79 Å². The van der Waals surface area contributed by atoms with Gasteiger partial charge in [0.1, 0.15) is 0 Å². The van der Waals surface area contributed by atoms with Crippen LogP contribution in [0.1, 0.15) is 19.4 Å². The number of nitriles is 1. The van der Waals surface area contributed by atoms with Gasteiger partial charge in [-0.2, -0.15) is 5.26 Å². The van der Waals surface area contributed by atoms with Crippen LogP contribution in [0.2, 0.25) is 0 Å². The summed E-state index contributed by atoms with van der Waals surface area (Å²) in [6.07, 6.45) is 0.752. The zero-order valence-electron chi connectivity index (χ0n) is 11.4. The fourth-order valence-electron chi connectivity index (χ4n) is 2.12. The zero-order valence-corrected chi connectivity index (χ0v) is 11.4. The van der Waals surface area contributed by atoms with Gasteiger partial charge in [0.2, 0.25) is 5.91 Å². The van der Waals surface area contributed by atoms with Gasteiger partial charge >= 0.3 is 0 Å². The van der Waals surface area contributed by atoms with Crippen molar-refractivity contribution >= 4 is 11.6 Å². The Labute approximate surface area is 113 Å². The third kappa shape index (κ3) is 3.25. The number of hydrogen-bond acceptors (Lipinski definition) is 3. The second-order valence-corrected chi connectivity index (χ2v) is 5.65. The molecule has 0 aliphatic carbocycles. The highest BCUT2D eigenvalue weighted by molar-refractivity contribution is 5.80. The lowest BCUT2D eigenvalue weighted by atomic mass is 9.92. The second-order valence-electron chi connectivity index (χ2n) is 5.65. The summed E-state index contributed by atoms with van der Waals surface area (Å²) in [7, 11) is 0. The molecule has 0 bridgehead atoms. The molecular formula is C15H19N3O. The largest absolute Gasteiger partial charge is 0.384 e. The van der Waals surface area contributed by atoms with Crippen LogP contribution in [-0.4, -0.2) is 19.0 Å². The summed E-state index contributed by atoms with van der Waals surface area (Å²) >= 11 is 0. The number of hydrogen-bond donors (Lipinski definition) is 2. The van der Waals surface area contributed by atoms with E-state index in [2.05, 4.69) is 16.7 Å². The molecule has 0 aromatic heterocycles. The van der Waals surface area contributed by atoms with Crippen LogP contribution in [-0.2, 0) is 11.2 Å². The highest BCUT2D eigenvalue weighted by Crippen LogP contribution is 2.24. The lowest BCUT2D eigenvalue weighted by Gasteiger charge is -2.26. The number of benzene rings is 1. The second kappa shape index (κ2) is 5.31. The third-order valence-corrected chi connectivity index (χ3v) is 3.40. The molecule has 1 aromatic carbocycles. The molecule has 2 N–H and O–H groups in total. The lowest BCUT2D eigenvalue weighted by molar-refractivity contribution is -0.124. The molecule has 1 heterocycles. The Hall–Kier alpha value is -2.02. The Morgan fingerprint density at radius 2 is 2.26 bits per heavy atom. The van der Waals surface area contributed by atoms with Gasteiger partial charge in [0.25, 0.3) is 0 Å². The maximum Gasteiger partial charge on any atom is 0.225 e. The van der Waals surface area contributed by atoms with E-state index in [-0.39, 0.29) is 11.8 Å². The predicted octanol–water partition coefficient (Wildman–Crippen LogP) is 1.94. The van der Waals surface area contributed by atoms with Crippen LogP contribution in [0, 0.1) is 22.7 Å². The SMILES string of the molecule is CC(C)(C#N)CNC(=O)C1CNc2ccccc2C1. The molecule has 0 fully saturated rings. The maximum atomic E-state index is 12.1. The van der Waals surface area contributed by atoms with E-state index >= 15 is 0 Å². The predicted molar refractivity (Wildman–Crippen MR) is 74.5 cm³/mol. The Morgan fingerprint density at radius 1 is 1.53 bits per heavy atom. The van der Waals surface area contributed by atoms with Crippen LogP contribution < -0.4 is 10.6 Å². The first kappa shape index (κ1) is 13.4. The molecule has 1 aromatic rings. The van der Waals surface area contributed by atoms with Crippen molar-refractivity contribution in [3.8, 4) is 6.07 Å². The van der Waals surface area contributed by atoms with Gasteiger partial charge in [-0.15, -0.1) is 0 Å². The average Bonchev–Trinajstić information content (AvgIpc) is 2.44. The molecule has 1 amide bonds. The zero-order chi connectivity index (χ0) is 13.9. The monoisotopic (exact) mass is 257 g/mol. The van der Waals surface area contributed by atoms with Crippen LogP contribution in [0.15, 0.2) is 24.3 Å². The molecule has 1 unspecified atom stereocenters. The van der Waals surface area contributed by atoms with Crippen molar-refractivity contribution in [2.45, 2.75) is 20.3 Å². The lowest BCUT2D eigenvalue weighted by Crippen LogP contribution is -2.41. The molecular weight excluding hydrogens is 238 g/mol. The van der Waals surface area contributed by atoms with E-state index in [1.807, 2.05) is 38.1 Å². The molecule has 0 saturated carbocycles. The van der Waals surface area contributed by atoms with E-state index in [0.29, 0.717) is 13.1 Å². The van der Waals surface area contributed by atoms with Gasteiger partial charge in [0, 0.05) is 18.8 Å². The first-order valence-corrected chi connectivity index (χ1v) is 6.52. The van der Waals surface area contributed by atoms with Gasteiger partial charge < -0.3 is 10.6 Å². The summed E-state index contributed by atoms with van der Waals surface area (Å²) in [5, 5.41) is 15.1. The number of fused-ring (bicyclic) bond motifs is 1. The van der Waals surface area contributed by atoms with Crippen molar-refractivity contribution in [2.75, 3.05) is 18.4 Å². The van der Waals surface area contributed by atoms with Gasteiger partial charge in [-0.3, -0.25) is 4.79 Å². The Morgan fingerprint density at radius 3 is 3.00 bits per heavy atom. The molecule has 1 aliphatic heterocycles. The van der Waals surface area contributed by atoms with E-state index in [1.54, 1.807) is 0 Å². The molecule has 0 spiro atoms. The van der Waals surface area contributed by atoms with Crippen molar-refractivity contribution in [1.82, 2.24) is 5.32 Å². The Kier molecular flexibility index (Phi) is 3.75. The van der Waals surface area contributed by atoms with Crippen molar-refractivity contribution in [1.29, 1.82) is 5.26 Å². The smallest absolute Gasteiger partial charge is 0.225 e. The van der Waals surface area contributed by atoms with E-state index in [1.165, 1.54) is 5.56 Å². The van der Waals surface area contributed by atoms with Crippen LogP contribution in [0.5, 0.6) is 0 Å². The molecule has 0 saturated heterocycles. The number of carbonyl (C=O) groups excluding carboxylic acids is 1. The van der Waals surface area contributed by atoms with Crippen LogP contribution >= 0.6 is 0 Å². The molecule has 1 aliphatic rings. The summed E-state index contributed by atoms with van der Waals surface area (Å²) in [6, 6.07) is 10.2. The minimum absolute atomic E-state index is 0.0188. The van der Waals surface area contributed by atoms with Gasteiger partial charge in [-0.05, 0) is 31.9 Å². The number of nitrogens with one attached hydrogen (secondary N) is 2. The van der Waals surface area contributed by atoms with Crippen molar-refractivity contribution < 1.29 is 4.79 Å². The van der Waals surface area contributed by atoms with Crippen molar-refractivity contribution in [3.05, 3.63) is 29.8 Å². The Bertz CT molecular complexity index is 516. The maximum absolute atomic E-state index is 12.1. The molecule has 100 valence electrons. The van der Waals surface area contributed by atoms with Gasteiger partial charge in [-0.1, -0.05) is 18.2 Å². The fourth-order valence-corrected chi connectivity index (χ4v) is 2.12. The molecule has 2 rings (SSSR count). The summed E-state index contributed by atoms with van der Waals surface area (Å²) in [5.41, 5.74) is 1.77. The van der Waals surface area contributed by atoms with Crippen molar-refractivity contribution in [2.24, 2.45) is 11.3 Å². The van der Waals surface area contributed by atoms with E-state index < -0.39 is 5.41 Å². The normalized spacial score (nSPS) is 17.8. The minimum atomic E-state index is -0.518. The summed E-state index contributed by atoms with van der Waals surface area (Å²) in [6.45, 7) is 4.68. The summed E-state index contributed by atoms with van der Waals surface area (Å²) in [5.74, 6) is -0.0466. The average molecular weight is 257 g/mol.